The smallest absolute Gasteiger partial charge is 0.252 e. The second-order valence-corrected chi connectivity index (χ2v) is 10.6. The van der Waals surface area contributed by atoms with Crippen molar-refractivity contribution in [2.24, 2.45) is 0 Å². The van der Waals surface area contributed by atoms with Crippen LogP contribution in [-0.4, -0.2) is 45.4 Å². The summed E-state index contributed by atoms with van der Waals surface area (Å²) in [7, 11) is -2.22. The number of unbranched alkanes of at least 4 members (excludes halogenated alkanes) is 1. The van der Waals surface area contributed by atoms with Crippen LogP contribution in [0.2, 0.25) is 0 Å². The first-order valence-corrected chi connectivity index (χ1v) is 12.9. The molecule has 1 N–H and O–H groups in total. The molecule has 0 unspecified atom stereocenters. The van der Waals surface area contributed by atoms with Gasteiger partial charge >= 0.3 is 0 Å². The van der Waals surface area contributed by atoms with Crippen molar-refractivity contribution in [1.82, 2.24) is 9.62 Å². The highest BCUT2D eigenvalue weighted by Crippen LogP contribution is 2.20. The molecule has 176 valence electrons. The molecule has 0 fully saturated rings. The summed E-state index contributed by atoms with van der Waals surface area (Å²) >= 11 is 1.13. The number of hydrogen-bond donors (Lipinski definition) is 1. The predicted molar refractivity (Wildman–Crippen MR) is 129 cm³/mol. The zero-order valence-corrected chi connectivity index (χ0v) is 20.1. The number of carbonyl (C=O) groups is 1. The number of benzene rings is 2. The van der Waals surface area contributed by atoms with E-state index in [9.17, 15) is 13.2 Å². The van der Waals surface area contributed by atoms with Crippen LogP contribution in [0.5, 0.6) is 11.5 Å². The van der Waals surface area contributed by atoms with Crippen molar-refractivity contribution in [1.29, 1.82) is 0 Å². The molecule has 0 radical (unpaired) electrons. The van der Waals surface area contributed by atoms with Crippen LogP contribution in [-0.2, 0) is 21.4 Å². The van der Waals surface area contributed by atoms with Gasteiger partial charge in [0.05, 0.1) is 13.2 Å². The fraction of sp³-hybridized carbons (Fsp3) is 0.292. The van der Waals surface area contributed by atoms with Crippen LogP contribution in [0.15, 0.2) is 76.3 Å². The van der Waals surface area contributed by atoms with Crippen LogP contribution in [0.3, 0.4) is 0 Å². The molecule has 3 rings (SSSR count). The van der Waals surface area contributed by atoms with Gasteiger partial charge in [0.15, 0.2) is 0 Å². The molecule has 2 aromatic carbocycles. The molecule has 0 atom stereocenters. The normalized spacial score (nSPS) is 11.3. The number of nitrogens with one attached hydrogen (secondary N) is 1. The lowest BCUT2D eigenvalue weighted by atomic mass is 10.2. The maximum Gasteiger partial charge on any atom is 0.252 e. The summed E-state index contributed by atoms with van der Waals surface area (Å²) in [4.78, 5) is 12.0. The summed E-state index contributed by atoms with van der Waals surface area (Å²) < 4.78 is 37.4. The van der Waals surface area contributed by atoms with Crippen LogP contribution < -0.4 is 14.8 Å². The average Bonchev–Trinajstić information content (AvgIpc) is 3.37. The van der Waals surface area contributed by atoms with Gasteiger partial charge < -0.3 is 14.8 Å². The molecule has 0 saturated carbocycles. The average molecular weight is 489 g/mol. The van der Waals surface area contributed by atoms with Crippen molar-refractivity contribution < 1.29 is 22.7 Å². The Labute approximate surface area is 199 Å². The van der Waals surface area contributed by atoms with Crippen LogP contribution in [0.25, 0.3) is 0 Å². The maximum absolute atomic E-state index is 12.3. The minimum atomic E-state index is -3.62. The Bertz CT molecular complexity index is 1090. The number of nitrogens with zero attached hydrogens (tertiary/aromatic N) is 1. The highest BCUT2D eigenvalue weighted by atomic mass is 32.2. The van der Waals surface area contributed by atoms with Gasteiger partial charge in [-0.05, 0) is 54.1 Å². The number of amides is 1. The molecule has 0 aliphatic carbocycles. The summed E-state index contributed by atoms with van der Waals surface area (Å²) in [5, 5.41) is 4.44. The van der Waals surface area contributed by atoms with Gasteiger partial charge in [-0.3, -0.25) is 4.79 Å². The number of thiophene rings is 1. The standard InChI is InChI=1S/C24H28N2O5S2/c1-26(33(28,29)24-10-7-17-32-24)18-23(27)25-15-5-6-16-30-21-11-13-22(14-12-21)31-19-20-8-3-2-4-9-20/h2-4,7-14,17H,5-6,15-16,18-19H2,1H3,(H,25,27). The van der Waals surface area contributed by atoms with Crippen molar-refractivity contribution in [2.75, 3.05) is 26.7 Å². The predicted octanol–water partition coefficient (Wildman–Crippen LogP) is 3.92. The fourth-order valence-corrected chi connectivity index (χ4v) is 5.25. The van der Waals surface area contributed by atoms with Gasteiger partial charge in [-0.2, -0.15) is 4.31 Å². The van der Waals surface area contributed by atoms with Crippen molar-refractivity contribution >= 4 is 27.3 Å². The molecule has 0 saturated heterocycles. The Morgan fingerprint density at radius 1 is 0.939 bits per heavy atom. The monoisotopic (exact) mass is 488 g/mol. The van der Waals surface area contributed by atoms with E-state index >= 15 is 0 Å². The molecule has 1 heterocycles. The first-order valence-electron chi connectivity index (χ1n) is 10.6. The van der Waals surface area contributed by atoms with Crippen molar-refractivity contribution in [2.45, 2.75) is 23.7 Å². The Kier molecular flexibility index (Phi) is 9.29. The Hall–Kier alpha value is -2.88. The summed E-state index contributed by atoms with van der Waals surface area (Å²) in [5.41, 5.74) is 1.11. The highest BCUT2D eigenvalue weighted by Gasteiger charge is 2.23. The quantitative estimate of drug-likeness (QED) is 0.369. The molecule has 0 aliphatic heterocycles. The number of hydrogen-bond acceptors (Lipinski definition) is 6. The zero-order valence-electron chi connectivity index (χ0n) is 18.5. The Balaban J connectivity index is 1.28. The first kappa shape index (κ1) is 24.8. The molecule has 7 nitrogen and oxygen atoms in total. The van der Waals surface area contributed by atoms with Crippen LogP contribution >= 0.6 is 11.3 Å². The largest absolute Gasteiger partial charge is 0.494 e. The third-order valence-corrected chi connectivity index (χ3v) is 7.94. The second-order valence-electron chi connectivity index (χ2n) is 7.34. The van der Waals surface area contributed by atoms with Gasteiger partial charge in [-0.1, -0.05) is 36.4 Å². The number of ether oxygens (including phenoxy) is 2. The van der Waals surface area contributed by atoms with E-state index in [0.717, 1.165) is 45.5 Å². The third kappa shape index (κ3) is 7.88. The number of rotatable bonds is 13. The van der Waals surface area contributed by atoms with Crippen molar-refractivity contribution in [3.05, 3.63) is 77.7 Å². The summed E-state index contributed by atoms with van der Waals surface area (Å²) in [6, 6.07) is 20.7. The third-order valence-electron chi connectivity index (χ3n) is 4.76. The lowest BCUT2D eigenvalue weighted by Crippen LogP contribution is -2.38. The van der Waals surface area contributed by atoms with Crippen molar-refractivity contribution in [3.8, 4) is 11.5 Å². The molecule has 1 aromatic heterocycles. The lowest BCUT2D eigenvalue weighted by molar-refractivity contribution is -0.121. The molecule has 3 aromatic rings. The van der Waals surface area contributed by atoms with Crippen molar-refractivity contribution in [3.63, 3.8) is 0 Å². The van der Waals surface area contributed by atoms with Crippen LogP contribution in [0.1, 0.15) is 18.4 Å². The van der Waals surface area contributed by atoms with Gasteiger partial charge in [0.2, 0.25) is 5.91 Å². The molecule has 0 aliphatic rings. The number of sulfonamides is 1. The van der Waals surface area contributed by atoms with Crippen LogP contribution in [0, 0.1) is 0 Å². The molecule has 33 heavy (non-hydrogen) atoms. The molecule has 1 amide bonds. The van der Waals surface area contributed by atoms with E-state index < -0.39 is 10.0 Å². The summed E-state index contributed by atoms with van der Waals surface area (Å²) in [5.74, 6) is 1.20. The topological polar surface area (TPSA) is 84.9 Å². The van der Waals surface area contributed by atoms with Gasteiger partial charge in [-0.15, -0.1) is 11.3 Å². The number of likely N-dealkylation sites (N-methyl/N-ethyl adjacent to an activating group) is 1. The molecule has 9 heteroatoms. The maximum atomic E-state index is 12.3. The van der Waals surface area contributed by atoms with E-state index in [1.54, 1.807) is 11.4 Å². The van der Waals surface area contributed by atoms with E-state index in [0.29, 0.717) is 19.8 Å². The highest BCUT2D eigenvalue weighted by molar-refractivity contribution is 7.91. The minimum absolute atomic E-state index is 0.213. The SMILES string of the molecule is CN(CC(=O)NCCCCOc1ccc(OCc2ccccc2)cc1)S(=O)(=O)c1cccs1. The molecular formula is C24H28N2O5S2. The zero-order chi connectivity index (χ0) is 23.5. The van der Waals surface area contributed by atoms with Gasteiger partial charge in [0, 0.05) is 13.6 Å². The number of carbonyl (C=O) groups excluding carboxylic acids is 1. The first-order chi connectivity index (χ1) is 15.9. The van der Waals surface area contributed by atoms with Gasteiger partial charge in [-0.25, -0.2) is 8.42 Å². The van der Waals surface area contributed by atoms with E-state index in [2.05, 4.69) is 5.32 Å². The van der Waals surface area contributed by atoms with E-state index in [4.69, 9.17) is 9.47 Å². The van der Waals surface area contributed by atoms with Crippen LogP contribution in [0.4, 0.5) is 0 Å². The molecule has 0 bridgehead atoms. The molecule has 0 spiro atoms. The van der Waals surface area contributed by atoms with E-state index in [-0.39, 0.29) is 16.7 Å². The minimum Gasteiger partial charge on any atom is -0.494 e. The fourth-order valence-electron chi connectivity index (χ4n) is 2.92. The van der Waals surface area contributed by atoms with E-state index in [1.807, 2.05) is 54.6 Å². The Morgan fingerprint density at radius 2 is 1.64 bits per heavy atom. The summed E-state index contributed by atoms with van der Waals surface area (Å²) in [6.45, 7) is 1.28. The van der Waals surface area contributed by atoms with Gasteiger partial charge in [0.25, 0.3) is 10.0 Å². The second kappa shape index (κ2) is 12.4. The lowest BCUT2D eigenvalue weighted by Gasteiger charge is -2.15. The van der Waals surface area contributed by atoms with E-state index in [1.165, 1.54) is 13.1 Å². The molecular weight excluding hydrogens is 460 g/mol. The Morgan fingerprint density at radius 3 is 2.30 bits per heavy atom. The van der Waals surface area contributed by atoms with Gasteiger partial charge in [0.1, 0.15) is 22.3 Å². The summed E-state index contributed by atoms with van der Waals surface area (Å²) in [6.07, 6.45) is 1.49.